The van der Waals surface area contributed by atoms with E-state index < -0.39 is 0 Å². The summed E-state index contributed by atoms with van der Waals surface area (Å²) in [5.41, 5.74) is 0.910. The van der Waals surface area contributed by atoms with Crippen LogP contribution in [-0.2, 0) is 0 Å². The summed E-state index contributed by atoms with van der Waals surface area (Å²) >= 11 is 4.78. The van der Waals surface area contributed by atoms with E-state index in [0.717, 1.165) is 17.0 Å². The summed E-state index contributed by atoms with van der Waals surface area (Å²) < 4.78 is 9.58. The summed E-state index contributed by atoms with van der Waals surface area (Å²) in [7, 11) is 0. The van der Waals surface area contributed by atoms with Gasteiger partial charge in [-0.15, -0.1) is 15.3 Å². The van der Waals surface area contributed by atoms with Crippen molar-refractivity contribution in [2.45, 2.75) is 37.9 Å². The molecule has 0 aliphatic heterocycles. The van der Waals surface area contributed by atoms with Gasteiger partial charge in [0.15, 0.2) is 0 Å². The van der Waals surface area contributed by atoms with Crippen LogP contribution < -0.4 is 0 Å². The van der Waals surface area contributed by atoms with Crippen LogP contribution in [-0.4, -0.2) is 19.8 Å². The first-order chi connectivity index (χ1) is 8.13. The predicted octanol–water partition coefficient (Wildman–Crippen LogP) is 3.56. The molecular formula is C10H13BrN4OS. The third kappa shape index (κ3) is 2.55. The van der Waals surface area contributed by atoms with Crippen molar-refractivity contribution < 1.29 is 4.42 Å². The number of hydrogen-bond donors (Lipinski definition) is 0. The van der Waals surface area contributed by atoms with Gasteiger partial charge in [0, 0.05) is 0 Å². The van der Waals surface area contributed by atoms with Gasteiger partial charge in [-0.1, -0.05) is 41.2 Å². The molecule has 0 aromatic carbocycles. The topological polar surface area (TPSA) is 64.7 Å². The molecule has 7 heteroatoms. The molecular weight excluding hydrogens is 304 g/mol. The zero-order chi connectivity index (χ0) is 12.4. The van der Waals surface area contributed by atoms with Gasteiger partial charge in [-0.05, 0) is 23.9 Å². The molecule has 0 bridgehead atoms. The average molecular weight is 317 g/mol. The van der Waals surface area contributed by atoms with Crippen LogP contribution in [0, 0.1) is 0 Å². The van der Waals surface area contributed by atoms with Gasteiger partial charge >= 0.3 is 0 Å². The summed E-state index contributed by atoms with van der Waals surface area (Å²) in [6.45, 7) is 6.19. The van der Waals surface area contributed by atoms with Crippen LogP contribution in [0.1, 0.15) is 49.5 Å². The largest absolute Gasteiger partial charge is 0.419 e. The summed E-state index contributed by atoms with van der Waals surface area (Å²) in [5, 5.41) is 12.2. The molecule has 5 nitrogen and oxygen atoms in total. The predicted molar refractivity (Wildman–Crippen MR) is 69.2 cm³/mol. The number of nitrogens with zero attached hydrogens (tertiary/aromatic N) is 4. The molecule has 1 atom stereocenters. The van der Waals surface area contributed by atoms with Crippen molar-refractivity contribution in [3.05, 3.63) is 11.6 Å². The Balaban J connectivity index is 2.34. The Hall–Kier alpha value is -0.820. The Labute approximate surface area is 112 Å². The Morgan fingerprint density at radius 3 is 2.71 bits per heavy atom. The second-order valence-electron chi connectivity index (χ2n) is 3.96. The number of alkyl halides is 1. The van der Waals surface area contributed by atoms with Crippen molar-refractivity contribution in [3.63, 3.8) is 0 Å². The molecule has 0 saturated carbocycles. The molecule has 0 saturated heterocycles. The lowest BCUT2D eigenvalue weighted by atomic mass is 10.1. The van der Waals surface area contributed by atoms with Gasteiger partial charge in [0.25, 0.3) is 5.89 Å². The molecule has 0 spiro atoms. The van der Waals surface area contributed by atoms with Gasteiger partial charge in [-0.25, -0.2) is 0 Å². The minimum atomic E-state index is 0.104. The molecule has 92 valence electrons. The van der Waals surface area contributed by atoms with Crippen LogP contribution in [0.2, 0.25) is 0 Å². The molecule has 2 aromatic heterocycles. The number of halogens is 1. The van der Waals surface area contributed by atoms with Crippen LogP contribution in [0.5, 0.6) is 0 Å². The smallest absolute Gasteiger partial charge is 0.261 e. The minimum absolute atomic E-state index is 0.104. The first-order valence-electron chi connectivity index (χ1n) is 5.43. The van der Waals surface area contributed by atoms with Gasteiger partial charge < -0.3 is 4.42 Å². The molecule has 0 N–H and O–H groups in total. The highest BCUT2D eigenvalue weighted by atomic mass is 79.9. The van der Waals surface area contributed by atoms with E-state index in [2.05, 4.69) is 56.5 Å². The van der Waals surface area contributed by atoms with Crippen LogP contribution in [0.15, 0.2) is 4.42 Å². The van der Waals surface area contributed by atoms with Crippen LogP contribution in [0.25, 0.3) is 10.8 Å². The molecule has 2 heterocycles. The van der Waals surface area contributed by atoms with E-state index in [1.165, 1.54) is 11.5 Å². The fourth-order valence-electron chi connectivity index (χ4n) is 1.35. The molecule has 0 aliphatic carbocycles. The van der Waals surface area contributed by atoms with E-state index in [-0.39, 0.29) is 4.83 Å². The SMILES string of the molecule is CCC(Br)c1nnc(-c2snnc2C(C)C)o1. The van der Waals surface area contributed by atoms with Crippen molar-refractivity contribution in [2.24, 2.45) is 0 Å². The van der Waals surface area contributed by atoms with Gasteiger partial charge in [0.2, 0.25) is 5.89 Å². The summed E-state index contributed by atoms with van der Waals surface area (Å²) in [6.07, 6.45) is 0.902. The fourth-order valence-corrected chi connectivity index (χ4v) is 2.28. The lowest BCUT2D eigenvalue weighted by molar-refractivity contribution is 0.500. The second-order valence-corrected chi connectivity index (χ2v) is 5.82. The van der Waals surface area contributed by atoms with Gasteiger partial charge in [-0.2, -0.15) is 0 Å². The number of aromatic nitrogens is 4. The third-order valence-corrected chi connectivity index (χ3v) is 4.09. The zero-order valence-electron chi connectivity index (χ0n) is 9.85. The monoisotopic (exact) mass is 316 g/mol. The second kappa shape index (κ2) is 5.22. The van der Waals surface area contributed by atoms with Crippen LogP contribution in [0.4, 0.5) is 0 Å². The van der Waals surface area contributed by atoms with Gasteiger partial charge in [-0.3, -0.25) is 0 Å². The Kier molecular flexibility index (Phi) is 3.88. The van der Waals surface area contributed by atoms with E-state index in [9.17, 15) is 0 Å². The quantitative estimate of drug-likeness (QED) is 0.807. The first kappa shape index (κ1) is 12.6. The van der Waals surface area contributed by atoms with Crippen molar-refractivity contribution >= 4 is 27.5 Å². The van der Waals surface area contributed by atoms with Crippen LogP contribution >= 0.6 is 27.5 Å². The molecule has 0 amide bonds. The lowest BCUT2D eigenvalue weighted by Gasteiger charge is -2.00. The van der Waals surface area contributed by atoms with E-state index in [1.807, 2.05) is 0 Å². The number of hydrogen-bond acceptors (Lipinski definition) is 6. The molecule has 2 aromatic rings. The Morgan fingerprint density at radius 1 is 1.29 bits per heavy atom. The maximum absolute atomic E-state index is 5.63. The van der Waals surface area contributed by atoms with Crippen molar-refractivity contribution in [3.8, 4) is 10.8 Å². The highest BCUT2D eigenvalue weighted by molar-refractivity contribution is 9.09. The van der Waals surface area contributed by atoms with E-state index >= 15 is 0 Å². The molecule has 2 rings (SSSR count). The fraction of sp³-hybridized carbons (Fsp3) is 0.600. The molecule has 1 unspecified atom stereocenters. The Morgan fingerprint density at radius 2 is 2.06 bits per heavy atom. The van der Waals surface area contributed by atoms with Crippen molar-refractivity contribution in [1.82, 2.24) is 19.8 Å². The minimum Gasteiger partial charge on any atom is -0.419 e. The van der Waals surface area contributed by atoms with E-state index in [1.54, 1.807) is 0 Å². The van der Waals surface area contributed by atoms with Crippen LogP contribution in [0.3, 0.4) is 0 Å². The summed E-state index contributed by atoms with van der Waals surface area (Å²) in [4.78, 5) is 0.974. The summed E-state index contributed by atoms with van der Waals surface area (Å²) in [6, 6.07) is 0. The van der Waals surface area contributed by atoms with Gasteiger partial charge in [0.05, 0.1) is 10.5 Å². The van der Waals surface area contributed by atoms with Crippen molar-refractivity contribution in [2.75, 3.05) is 0 Å². The van der Waals surface area contributed by atoms with Crippen molar-refractivity contribution in [1.29, 1.82) is 0 Å². The normalized spacial score (nSPS) is 13.2. The maximum Gasteiger partial charge on any atom is 0.261 e. The van der Waals surface area contributed by atoms with E-state index in [4.69, 9.17) is 4.42 Å². The third-order valence-electron chi connectivity index (χ3n) is 2.32. The average Bonchev–Trinajstić information content (AvgIpc) is 2.95. The standard InChI is InChI=1S/C10H13BrN4OS/c1-4-6(11)9-13-14-10(16-9)8-7(5(2)3)12-15-17-8/h5-6H,4H2,1-3H3. The number of rotatable bonds is 4. The highest BCUT2D eigenvalue weighted by Gasteiger charge is 2.20. The summed E-state index contributed by atoms with van der Waals surface area (Å²) in [5.74, 6) is 1.41. The molecule has 0 radical (unpaired) electrons. The maximum atomic E-state index is 5.63. The molecule has 17 heavy (non-hydrogen) atoms. The first-order valence-corrected chi connectivity index (χ1v) is 7.12. The highest BCUT2D eigenvalue weighted by Crippen LogP contribution is 2.32. The Bertz CT molecular complexity index is 496. The lowest BCUT2D eigenvalue weighted by Crippen LogP contribution is -1.90. The molecule has 0 aliphatic rings. The van der Waals surface area contributed by atoms with Gasteiger partial charge in [0.1, 0.15) is 4.88 Å². The van der Waals surface area contributed by atoms with E-state index in [0.29, 0.717) is 17.7 Å². The molecule has 0 fully saturated rings. The zero-order valence-corrected chi connectivity index (χ0v) is 12.2.